The smallest absolute Gasteiger partial charge is 0.287 e. The molecule has 86 valence electrons. The second-order valence-corrected chi connectivity index (χ2v) is 4.46. The van der Waals surface area contributed by atoms with Crippen LogP contribution >= 0.6 is 38.5 Å². The Morgan fingerprint density at radius 1 is 1.62 bits per heavy atom. The lowest BCUT2D eigenvalue weighted by Gasteiger charge is -2.06. The highest BCUT2D eigenvalue weighted by atomic mass is 127. The van der Waals surface area contributed by atoms with Crippen LogP contribution in [-0.4, -0.2) is 23.1 Å². The summed E-state index contributed by atoms with van der Waals surface area (Å²) in [5, 5.41) is 10.9. The monoisotopic (exact) mass is 399 g/mol. The van der Waals surface area contributed by atoms with Crippen LogP contribution in [0.1, 0.15) is 10.4 Å². The van der Waals surface area contributed by atoms with Gasteiger partial charge in [0.1, 0.15) is 9.32 Å². The molecule has 0 unspecified atom stereocenters. The van der Waals surface area contributed by atoms with Gasteiger partial charge in [-0.05, 0) is 28.7 Å². The number of ether oxygens (including phenoxy) is 1. The zero-order valence-corrected chi connectivity index (χ0v) is 11.9. The van der Waals surface area contributed by atoms with Gasteiger partial charge in [-0.2, -0.15) is 0 Å². The Morgan fingerprint density at radius 2 is 2.25 bits per heavy atom. The molecule has 0 atom stereocenters. The molecule has 0 amide bonds. The first-order chi connectivity index (χ1) is 7.51. The molecule has 1 aromatic carbocycles. The maximum absolute atomic E-state index is 11.5. The summed E-state index contributed by atoms with van der Waals surface area (Å²) in [6.07, 6.45) is 0. The predicted molar refractivity (Wildman–Crippen MR) is 70.5 cm³/mol. The van der Waals surface area contributed by atoms with Crippen LogP contribution in [0.25, 0.3) is 0 Å². The average molecular weight is 400 g/mol. The SMILES string of the molecule is COc1cc(C(=O)CBr)c(I)c([N+](=O)[O-])c1. The van der Waals surface area contributed by atoms with Gasteiger partial charge in [0.15, 0.2) is 5.78 Å². The number of rotatable bonds is 4. The van der Waals surface area contributed by atoms with Crippen LogP contribution in [0.2, 0.25) is 0 Å². The highest BCUT2D eigenvalue weighted by molar-refractivity contribution is 14.1. The van der Waals surface area contributed by atoms with E-state index >= 15 is 0 Å². The van der Waals surface area contributed by atoms with Gasteiger partial charge in [-0.15, -0.1) is 0 Å². The van der Waals surface area contributed by atoms with E-state index in [1.165, 1.54) is 19.2 Å². The lowest BCUT2D eigenvalue weighted by molar-refractivity contribution is -0.385. The number of nitro benzene ring substituents is 1. The molecule has 1 rings (SSSR count). The van der Waals surface area contributed by atoms with E-state index in [0.29, 0.717) is 14.9 Å². The van der Waals surface area contributed by atoms with Crippen molar-refractivity contribution in [2.24, 2.45) is 0 Å². The van der Waals surface area contributed by atoms with E-state index in [4.69, 9.17) is 4.74 Å². The second-order valence-electron chi connectivity index (χ2n) is 2.82. The van der Waals surface area contributed by atoms with Gasteiger partial charge < -0.3 is 4.74 Å². The molecule has 0 aliphatic rings. The molecule has 0 N–H and O–H groups in total. The molecule has 0 aliphatic carbocycles. The van der Waals surface area contributed by atoms with Crippen LogP contribution in [-0.2, 0) is 0 Å². The normalized spacial score (nSPS) is 9.94. The zero-order chi connectivity index (χ0) is 12.3. The molecule has 5 nitrogen and oxygen atoms in total. The molecule has 16 heavy (non-hydrogen) atoms. The number of nitrogens with zero attached hydrogens (tertiary/aromatic N) is 1. The maximum atomic E-state index is 11.5. The summed E-state index contributed by atoms with van der Waals surface area (Å²) in [5.74, 6) is 0.0859. The fraction of sp³-hybridized carbons (Fsp3) is 0.222. The van der Waals surface area contributed by atoms with Crippen LogP contribution in [0.3, 0.4) is 0 Å². The molecule has 0 aliphatic heterocycles. The third kappa shape index (κ3) is 2.70. The van der Waals surface area contributed by atoms with Gasteiger partial charge in [0.05, 0.1) is 23.4 Å². The minimum absolute atomic E-state index is 0.118. The first-order valence-electron chi connectivity index (χ1n) is 4.12. The molecule has 7 heteroatoms. The number of benzene rings is 1. The van der Waals surface area contributed by atoms with Crippen LogP contribution in [0, 0.1) is 13.7 Å². The first-order valence-corrected chi connectivity index (χ1v) is 6.32. The van der Waals surface area contributed by atoms with Crippen molar-refractivity contribution < 1.29 is 14.5 Å². The lowest BCUT2D eigenvalue weighted by atomic mass is 10.1. The number of ketones is 1. The summed E-state index contributed by atoms with van der Waals surface area (Å²) in [5.41, 5.74) is 0.174. The van der Waals surface area contributed by atoms with Crippen LogP contribution in [0.4, 0.5) is 5.69 Å². The van der Waals surface area contributed by atoms with Gasteiger partial charge in [0.2, 0.25) is 0 Å². The highest BCUT2D eigenvalue weighted by Crippen LogP contribution is 2.30. The first kappa shape index (κ1) is 13.4. The minimum Gasteiger partial charge on any atom is -0.496 e. The fourth-order valence-corrected chi connectivity index (χ4v) is 2.22. The maximum Gasteiger partial charge on any atom is 0.287 e. The Balaban J connectivity index is 3.43. The zero-order valence-electron chi connectivity index (χ0n) is 8.20. The summed E-state index contributed by atoms with van der Waals surface area (Å²) in [6.45, 7) is 0. The fourth-order valence-electron chi connectivity index (χ4n) is 1.11. The van der Waals surface area contributed by atoms with E-state index in [2.05, 4.69) is 15.9 Å². The summed E-state index contributed by atoms with van der Waals surface area (Å²) in [6, 6.07) is 2.80. The predicted octanol–water partition coefficient (Wildman–Crippen LogP) is 2.79. The molecule has 0 radical (unpaired) electrons. The van der Waals surface area contributed by atoms with Crippen molar-refractivity contribution >= 4 is 50.0 Å². The van der Waals surface area contributed by atoms with Gasteiger partial charge in [0, 0.05) is 5.56 Å². The van der Waals surface area contributed by atoms with Gasteiger partial charge in [-0.1, -0.05) is 15.9 Å². The average Bonchev–Trinajstić information content (AvgIpc) is 2.28. The van der Waals surface area contributed by atoms with E-state index in [9.17, 15) is 14.9 Å². The summed E-state index contributed by atoms with van der Waals surface area (Å²) in [4.78, 5) is 21.8. The minimum atomic E-state index is -0.532. The van der Waals surface area contributed by atoms with Crippen LogP contribution in [0.15, 0.2) is 12.1 Å². The van der Waals surface area contributed by atoms with E-state index in [1.54, 1.807) is 22.6 Å². The van der Waals surface area contributed by atoms with Crippen molar-refractivity contribution in [3.63, 3.8) is 0 Å². The number of carbonyl (C=O) groups excluding carboxylic acids is 1. The van der Waals surface area contributed by atoms with E-state index in [0.717, 1.165) is 0 Å². The molecule has 1 aromatic rings. The van der Waals surface area contributed by atoms with E-state index in [1.807, 2.05) is 0 Å². The Morgan fingerprint density at radius 3 is 2.69 bits per heavy atom. The number of hydrogen-bond acceptors (Lipinski definition) is 4. The number of methoxy groups -OCH3 is 1. The van der Waals surface area contributed by atoms with Gasteiger partial charge in [-0.3, -0.25) is 14.9 Å². The third-order valence-corrected chi connectivity index (χ3v) is 3.52. The van der Waals surface area contributed by atoms with Crippen LogP contribution < -0.4 is 4.74 Å². The summed E-state index contributed by atoms with van der Waals surface area (Å²) < 4.78 is 5.25. The lowest BCUT2D eigenvalue weighted by Crippen LogP contribution is -2.06. The number of hydrogen-bond donors (Lipinski definition) is 0. The molecule has 0 saturated carbocycles. The number of carbonyl (C=O) groups is 1. The van der Waals surface area contributed by atoms with E-state index in [-0.39, 0.29) is 16.8 Å². The largest absolute Gasteiger partial charge is 0.496 e. The van der Waals surface area contributed by atoms with Crippen molar-refractivity contribution in [1.29, 1.82) is 0 Å². The van der Waals surface area contributed by atoms with Crippen molar-refractivity contribution in [2.75, 3.05) is 12.4 Å². The Kier molecular flexibility index (Phi) is 4.66. The van der Waals surface area contributed by atoms with Gasteiger partial charge >= 0.3 is 0 Å². The molecular formula is C9H7BrINO4. The van der Waals surface area contributed by atoms with Crippen molar-refractivity contribution in [3.8, 4) is 5.75 Å². The molecule has 0 fully saturated rings. The van der Waals surface area contributed by atoms with Gasteiger partial charge in [0.25, 0.3) is 5.69 Å². The quantitative estimate of drug-likeness (QED) is 0.256. The molecule has 0 bridgehead atoms. The van der Waals surface area contributed by atoms with Crippen LogP contribution in [0.5, 0.6) is 5.75 Å². The standard InChI is InChI=1S/C9H7BrINO4/c1-16-5-2-6(8(13)4-10)9(11)7(3-5)12(14)15/h2-3H,4H2,1H3. The number of alkyl halides is 1. The Bertz CT molecular complexity index is 449. The summed E-state index contributed by atoms with van der Waals surface area (Å²) >= 11 is 4.82. The topological polar surface area (TPSA) is 69.4 Å². The molecule has 0 spiro atoms. The Labute approximate surface area is 114 Å². The summed E-state index contributed by atoms with van der Waals surface area (Å²) in [7, 11) is 1.40. The number of halogens is 2. The number of Topliss-reactive ketones (excluding diaryl/α,β-unsaturated/α-hetero) is 1. The van der Waals surface area contributed by atoms with Crippen molar-refractivity contribution in [2.45, 2.75) is 0 Å². The third-order valence-electron chi connectivity index (χ3n) is 1.88. The van der Waals surface area contributed by atoms with Crippen molar-refractivity contribution in [1.82, 2.24) is 0 Å². The second kappa shape index (κ2) is 5.58. The Hall–Kier alpha value is -0.700. The van der Waals surface area contributed by atoms with Gasteiger partial charge in [-0.25, -0.2) is 0 Å². The van der Waals surface area contributed by atoms with Crippen molar-refractivity contribution in [3.05, 3.63) is 31.4 Å². The highest BCUT2D eigenvalue weighted by Gasteiger charge is 2.21. The molecule has 0 aromatic heterocycles. The molecule has 0 heterocycles. The van der Waals surface area contributed by atoms with E-state index < -0.39 is 4.92 Å². The molecule has 0 saturated heterocycles. The molecular weight excluding hydrogens is 393 g/mol. The number of nitro groups is 1.